The summed E-state index contributed by atoms with van der Waals surface area (Å²) in [5, 5.41) is 0. The van der Waals surface area contributed by atoms with Gasteiger partial charge in [-0.05, 0) is 57.0 Å². The average molecular weight is 259 g/mol. The van der Waals surface area contributed by atoms with Crippen molar-refractivity contribution >= 4 is 11.4 Å². The van der Waals surface area contributed by atoms with Gasteiger partial charge in [-0.3, -0.25) is 4.90 Å². The normalized spacial score (nSPS) is 24.9. The summed E-state index contributed by atoms with van der Waals surface area (Å²) >= 11 is 0. The van der Waals surface area contributed by atoms with Gasteiger partial charge in [0.2, 0.25) is 0 Å². The molecule has 0 amide bonds. The highest BCUT2D eigenvalue weighted by molar-refractivity contribution is 5.68. The van der Waals surface area contributed by atoms with E-state index in [1.54, 1.807) is 0 Å². The molecular formula is C16H25N3. The summed E-state index contributed by atoms with van der Waals surface area (Å²) in [7, 11) is 0. The van der Waals surface area contributed by atoms with E-state index in [1.807, 2.05) is 0 Å². The van der Waals surface area contributed by atoms with Crippen LogP contribution in [0, 0.1) is 6.92 Å². The Labute approximate surface area is 116 Å². The fourth-order valence-electron chi connectivity index (χ4n) is 3.50. The van der Waals surface area contributed by atoms with Crippen molar-refractivity contribution in [2.75, 3.05) is 36.8 Å². The first-order valence-electron chi connectivity index (χ1n) is 7.59. The van der Waals surface area contributed by atoms with E-state index in [-0.39, 0.29) is 0 Å². The Morgan fingerprint density at radius 2 is 1.89 bits per heavy atom. The first kappa shape index (κ1) is 12.8. The fraction of sp³-hybridized carbons (Fsp3) is 0.625. The summed E-state index contributed by atoms with van der Waals surface area (Å²) in [4.78, 5) is 5.15. The van der Waals surface area contributed by atoms with Crippen LogP contribution >= 0.6 is 0 Å². The minimum absolute atomic E-state index is 0.737. The average Bonchev–Trinajstić information content (AvgIpc) is 2.89. The number of hydrogen-bond acceptors (Lipinski definition) is 3. The third-order valence-electron chi connectivity index (χ3n) is 4.59. The molecule has 2 aliphatic heterocycles. The molecule has 0 aromatic heterocycles. The van der Waals surface area contributed by atoms with E-state index < -0.39 is 0 Å². The van der Waals surface area contributed by atoms with Crippen LogP contribution in [-0.4, -0.2) is 37.1 Å². The number of nitrogens with zero attached hydrogens (tertiary/aromatic N) is 2. The smallest absolute Gasteiger partial charge is 0.0600 e. The van der Waals surface area contributed by atoms with E-state index in [2.05, 4.69) is 34.9 Å². The van der Waals surface area contributed by atoms with Gasteiger partial charge in [-0.1, -0.05) is 12.5 Å². The fourth-order valence-corrected chi connectivity index (χ4v) is 3.50. The second-order valence-electron chi connectivity index (χ2n) is 6.05. The highest BCUT2D eigenvalue weighted by Gasteiger charge is 2.29. The third kappa shape index (κ3) is 2.71. The number of aryl methyl sites for hydroxylation is 1. The largest absolute Gasteiger partial charge is 0.397 e. The van der Waals surface area contributed by atoms with Crippen molar-refractivity contribution in [2.24, 2.45) is 0 Å². The summed E-state index contributed by atoms with van der Waals surface area (Å²) in [6.45, 7) is 6.98. The maximum absolute atomic E-state index is 6.17. The van der Waals surface area contributed by atoms with Crippen LogP contribution in [0.25, 0.3) is 0 Å². The number of piperidine rings is 1. The molecule has 19 heavy (non-hydrogen) atoms. The van der Waals surface area contributed by atoms with E-state index in [0.29, 0.717) is 0 Å². The number of anilines is 2. The van der Waals surface area contributed by atoms with E-state index in [9.17, 15) is 0 Å². The van der Waals surface area contributed by atoms with Gasteiger partial charge in [0.15, 0.2) is 0 Å². The predicted molar refractivity (Wildman–Crippen MR) is 81.6 cm³/mol. The van der Waals surface area contributed by atoms with Crippen LogP contribution in [0.1, 0.15) is 31.2 Å². The molecule has 104 valence electrons. The van der Waals surface area contributed by atoms with Gasteiger partial charge < -0.3 is 10.6 Å². The lowest BCUT2D eigenvalue weighted by atomic mass is 10.1. The quantitative estimate of drug-likeness (QED) is 0.829. The zero-order valence-corrected chi connectivity index (χ0v) is 11.9. The van der Waals surface area contributed by atoms with Crippen LogP contribution in [0.3, 0.4) is 0 Å². The maximum Gasteiger partial charge on any atom is 0.0600 e. The highest BCUT2D eigenvalue weighted by atomic mass is 15.3. The summed E-state index contributed by atoms with van der Waals surface area (Å²) in [6.07, 6.45) is 5.46. The highest BCUT2D eigenvalue weighted by Crippen LogP contribution is 2.29. The Morgan fingerprint density at radius 3 is 2.63 bits per heavy atom. The van der Waals surface area contributed by atoms with Crippen molar-refractivity contribution in [2.45, 2.75) is 38.6 Å². The van der Waals surface area contributed by atoms with Crippen LogP contribution in [0.4, 0.5) is 11.4 Å². The Kier molecular flexibility index (Phi) is 3.65. The molecule has 0 radical (unpaired) electrons. The predicted octanol–water partition coefficient (Wildman–Crippen LogP) is 2.64. The second kappa shape index (κ2) is 5.41. The molecule has 1 aromatic carbocycles. The van der Waals surface area contributed by atoms with Crippen LogP contribution in [-0.2, 0) is 0 Å². The summed E-state index contributed by atoms with van der Waals surface area (Å²) in [5.74, 6) is 0. The SMILES string of the molecule is Cc1ccc(N2CCC(N3CCCCC3)C2)c(N)c1. The number of hydrogen-bond donors (Lipinski definition) is 1. The van der Waals surface area contributed by atoms with E-state index in [1.165, 1.54) is 50.0 Å². The van der Waals surface area contributed by atoms with Gasteiger partial charge in [-0.15, -0.1) is 0 Å². The van der Waals surface area contributed by atoms with Gasteiger partial charge in [-0.2, -0.15) is 0 Å². The van der Waals surface area contributed by atoms with Crippen molar-refractivity contribution in [3.8, 4) is 0 Å². The van der Waals surface area contributed by atoms with Gasteiger partial charge in [0, 0.05) is 19.1 Å². The van der Waals surface area contributed by atoms with E-state index >= 15 is 0 Å². The number of benzene rings is 1. The molecule has 0 aliphatic carbocycles. The van der Waals surface area contributed by atoms with Gasteiger partial charge in [-0.25, -0.2) is 0 Å². The molecule has 3 rings (SSSR count). The summed E-state index contributed by atoms with van der Waals surface area (Å²) < 4.78 is 0. The number of rotatable bonds is 2. The lowest BCUT2D eigenvalue weighted by Crippen LogP contribution is -2.40. The monoisotopic (exact) mass is 259 g/mol. The summed E-state index contributed by atoms with van der Waals surface area (Å²) in [5.41, 5.74) is 9.57. The lowest BCUT2D eigenvalue weighted by Gasteiger charge is -2.32. The van der Waals surface area contributed by atoms with Crippen molar-refractivity contribution in [1.29, 1.82) is 0 Å². The van der Waals surface area contributed by atoms with Crippen molar-refractivity contribution in [3.05, 3.63) is 23.8 Å². The molecule has 1 unspecified atom stereocenters. The van der Waals surface area contributed by atoms with Gasteiger partial charge >= 0.3 is 0 Å². The van der Waals surface area contributed by atoms with Crippen LogP contribution < -0.4 is 10.6 Å². The van der Waals surface area contributed by atoms with E-state index in [0.717, 1.165) is 24.8 Å². The molecule has 1 atom stereocenters. The zero-order valence-electron chi connectivity index (χ0n) is 11.9. The molecule has 0 bridgehead atoms. The Balaban J connectivity index is 1.67. The standard InChI is InChI=1S/C16H25N3/c1-13-5-6-16(15(17)11-13)19-10-7-14(12-19)18-8-3-2-4-9-18/h5-6,11,14H,2-4,7-10,12,17H2,1H3. The van der Waals surface area contributed by atoms with E-state index in [4.69, 9.17) is 5.73 Å². The molecule has 3 nitrogen and oxygen atoms in total. The van der Waals surface area contributed by atoms with Gasteiger partial charge in [0.25, 0.3) is 0 Å². The lowest BCUT2D eigenvalue weighted by molar-refractivity contribution is 0.175. The molecule has 0 spiro atoms. The van der Waals surface area contributed by atoms with Crippen LogP contribution in [0.5, 0.6) is 0 Å². The van der Waals surface area contributed by atoms with Crippen molar-refractivity contribution < 1.29 is 0 Å². The number of likely N-dealkylation sites (tertiary alicyclic amines) is 1. The summed E-state index contributed by atoms with van der Waals surface area (Å²) in [6, 6.07) is 7.17. The molecule has 2 fully saturated rings. The Bertz CT molecular complexity index is 438. The first-order chi connectivity index (χ1) is 9.24. The third-order valence-corrected chi connectivity index (χ3v) is 4.59. The zero-order chi connectivity index (χ0) is 13.2. The molecule has 2 saturated heterocycles. The Hall–Kier alpha value is -1.22. The molecule has 1 aromatic rings. The molecular weight excluding hydrogens is 234 g/mol. The second-order valence-corrected chi connectivity index (χ2v) is 6.05. The van der Waals surface area contributed by atoms with Crippen molar-refractivity contribution in [1.82, 2.24) is 4.90 Å². The molecule has 2 N–H and O–H groups in total. The number of nitrogen functional groups attached to an aromatic ring is 1. The minimum Gasteiger partial charge on any atom is -0.397 e. The van der Waals surface area contributed by atoms with Gasteiger partial charge in [0.1, 0.15) is 0 Å². The van der Waals surface area contributed by atoms with Crippen LogP contribution in [0.15, 0.2) is 18.2 Å². The van der Waals surface area contributed by atoms with Crippen molar-refractivity contribution in [3.63, 3.8) is 0 Å². The topological polar surface area (TPSA) is 32.5 Å². The minimum atomic E-state index is 0.737. The maximum atomic E-state index is 6.17. The Morgan fingerprint density at radius 1 is 1.11 bits per heavy atom. The molecule has 2 aliphatic rings. The molecule has 2 heterocycles. The van der Waals surface area contributed by atoms with Crippen LogP contribution in [0.2, 0.25) is 0 Å². The van der Waals surface area contributed by atoms with Gasteiger partial charge in [0.05, 0.1) is 11.4 Å². The molecule has 0 saturated carbocycles. The number of nitrogens with two attached hydrogens (primary N) is 1. The molecule has 3 heteroatoms. The first-order valence-corrected chi connectivity index (χ1v) is 7.59.